The van der Waals surface area contributed by atoms with Gasteiger partial charge in [0.2, 0.25) is 5.91 Å². The van der Waals surface area contributed by atoms with E-state index in [9.17, 15) is 9.18 Å². The molecule has 1 saturated carbocycles. The highest BCUT2D eigenvalue weighted by atomic mass is 19.1. The fourth-order valence-electron chi connectivity index (χ4n) is 6.72. The van der Waals surface area contributed by atoms with Crippen molar-refractivity contribution in [2.75, 3.05) is 19.6 Å². The molecular formula is C23H37FN2O. The number of amides is 1. The third-order valence-electron chi connectivity index (χ3n) is 8.27. The van der Waals surface area contributed by atoms with Crippen molar-refractivity contribution in [2.45, 2.75) is 89.9 Å². The van der Waals surface area contributed by atoms with Crippen LogP contribution in [0.5, 0.6) is 0 Å². The number of hydrogen-bond acceptors (Lipinski definition) is 2. The zero-order valence-electron chi connectivity index (χ0n) is 17.2. The van der Waals surface area contributed by atoms with E-state index in [1.165, 1.54) is 38.5 Å². The number of halogens is 1. The number of piperidine rings is 1. The molecule has 27 heavy (non-hydrogen) atoms. The van der Waals surface area contributed by atoms with Gasteiger partial charge in [-0.2, -0.15) is 0 Å². The second-order valence-corrected chi connectivity index (χ2v) is 9.74. The van der Waals surface area contributed by atoms with E-state index in [0.717, 1.165) is 44.4 Å². The summed E-state index contributed by atoms with van der Waals surface area (Å²) in [5.41, 5.74) is 0.140. The average Bonchev–Trinajstić information content (AvgIpc) is 2.97. The molecule has 1 spiro atoms. The van der Waals surface area contributed by atoms with Crippen LogP contribution in [-0.4, -0.2) is 53.6 Å². The van der Waals surface area contributed by atoms with Crippen LogP contribution in [-0.2, 0) is 4.79 Å². The van der Waals surface area contributed by atoms with Gasteiger partial charge in [0, 0.05) is 19.5 Å². The highest BCUT2D eigenvalue weighted by Crippen LogP contribution is 2.52. The SMILES string of the molecule is CCCC1CCC(N2CCC3(CC2)CN(C(C)=O)C2C=CC(F)CC23)CC1. The zero-order valence-corrected chi connectivity index (χ0v) is 17.2. The van der Waals surface area contributed by atoms with Crippen LogP contribution in [0.3, 0.4) is 0 Å². The van der Waals surface area contributed by atoms with Gasteiger partial charge in [0.05, 0.1) is 6.04 Å². The zero-order chi connectivity index (χ0) is 19.0. The largest absolute Gasteiger partial charge is 0.336 e. The summed E-state index contributed by atoms with van der Waals surface area (Å²) in [5.74, 6) is 1.42. The Morgan fingerprint density at radius 2 is 1.85 bits per heavy atom. The molecule has 2 heterocycles. The maximum Gasteiger partial charge on any atom is 0.219 e. The lowest BCUT2D eigenvalue weighted by Crippen LogP contribution is -2.49. The molecule has 1 amide bonds. The van der Waals surface area contributed by atoms with E-state index < -0.39 is 6.17 Å². The monoisotopic (exact) mass is 376 g/mol. The van der Waals surface area contributed by atoms with Gasteiger partial charge in [-0.3, -0.25) is 4.79 Å². The van der Waals surface area contributed by atoms with Crippen LogP contribution in [0.4, 0.5) is 4.39 Å². The van der Waals surface area contributed by atoms with Gasteiger partial charge < -0.3 is 9.80 Å². The lowest BCUT2D eigenvalue weighted by atomic mass is 9.65. The predicted octanol–water partition coefficient (Wildman–Crippen LogP) is 4.57. The number of fused-ring (bicyclic) bond motifs is 2. The molecule has 0 aromatic heterocycles. The van der Waals surface area contributed by atoms with Gasteiger partial charge in [0.25, 0.3) is 0 Å². The maximum absolute atomic E-state index is 14.2. The fourth-order valence-corrected chi connectivity index (χ4v) is 6.72. The number of nitrogens with zero attached hydrogens (tertiary/aromatic N) is 2. The number of allylic oxidation sites excluding steroid dienone is 1. The van der Waals surface area contributed by atoms with Gasteiger partial charge >= 0.3 is 0 Å². The van der Waals surface area contributed by atoms with E-state index in [-0.39, 0.29) is 17.4 Å². The Hall–Kier alpha value is -0.900. The Kier molecular flexibility index (Phi) is 5.64. The van der Waals surface area contributed by atoms with E-state index >= 15 is 0 Å². The van der Waals surface area contributed by atoms with E-state index in [1.807, 2.05) is 11.0 Å². The molecule has 4 heteroatoms. The summed E-state index contributed by atoms with van der Waals surface area (Å²) in [6.07, 6.45) is 13.9. The normalized spacial score (nSPS) is 38.9. The van der Waals surface area contributed by atoms with Crippen LogP contribution in [0.25, 0.3) is 0 Å². The number of likely N-dealkylation sites (tertiary alicyclic amines) is 2. The third kappa shape index (κ3) is 3.71. The Morgan fingerprint density at radius 3 is 2.48 bits per heavy atom. The number of rotatable bonds is 3. The standard InChI is InChI=1S/C23H37FN2O/c1-3-4-18-5-8-20(9-6-18)25-13-11-23(12-14-25)16-26(17(2)27)22-10-7-19(24)15-21(22)23/h7,10,18-22H,3-6,8-9,11-16H2,1-2H3. The van der Waals surface area contributed by atoms with Crippen LogP contribution in [0.2, 0.25) is 0 Å². The van der Waals surface area contributed by atoms with Crippen molar-refractivity contribution in [1.29, 1.82) is 0 Å². The summed E-state index contributed by atoms with van der Waals surface area (Å²) in [7, 11) is 0. The molecule has 152 valence electrons. The van der Waals surface area contributed by atoms with E-state index in [0.29, 0.717) is 12.3 Å². The van der Waals surface area contributed by atoms with Crippen LogP contribution in [0.1, 0.15) is 71.6 Å². The van der Waals surface area contributed by atoms with Crippen molar-refractivity contribution in [2.24, 2.45) is 17.3 Å². The lowest BCUT2D eigenvalue weighted by Gasteiger charge is -2.47. The molecule has 3 atom stereocenters. The van der Waals surface area contributed by atoms with Crippen LogP contribution in [0, 0.1) is 17.3 Å². The number of alkyl halides is 1. The van der Waals surface area contributed by atoms with Crippen molar-refractivity contribution < 1.29 is 9.18 Å². The summed E-state index contributed by atoms with van der Waals surface area (Å²) >= 11 is 0. The first-order chi connectivity index (χ1) is 13.0. The van der Waals surface area contributed by atoms with Crippen LogP contribution >= 0.6 is 0 Å². The lowest BCUT2D eigenvalue weighted by molar-refractivity contribution is -0.129. The molecule has 0 aromatic rings. The number of carbonyl (C=O) groups is 1. The number of carbonyl (C=O) groups excluding carboxylic acids is 1. The minimum absolute atomic E-state index is 0.130. The molecule has 2 aliphatic heterocycles. The Labute approximate surface area is 164 Å². The van der Waals surface area contributed by atoms with E-state index in [4.69, 9.17) is 0 Å². The van der Waals surface area contributed by atoms with Gasteiger partial charge in [-0.25, -0.2) is 4.39 Å². The highest BCUT2D eigenvalue weighted by Gasteiger charge is 2.54. The summed E-state index contributed by atoms with van der Waals surface area (Å²) in [5, 5.41) is 0. The second kappa shape index (κ2) is 7.85. The highest BCUT2D eigenvalue weighted by molar-refractivity contribution is 5.74. The van der Waals surface area contributed by atoms with E-state index in [2.05, 4.69) is 11.8 Å². The quantitative estimate of drug-likeness (QED) is 0.674. The first-order valence-corrected chi connectivity index (χ1v) is 11.4. The van der Waals surface area contributed by atoms with E-state index in [1.54, 1.807) is 13.0 Å². The van der Waals surface area contributed by atoms with Crippen molar-refractivity contribution >= 4 is 5.91 Å². The summed E-state index contributed by atoms with van der Waals surface area (Å²) < 4.78 is 14.2. The molecule has 0 aromatic carbocycles. The summed E-state index contributed by atoms with van der Waals surface area (Å²) in [4.78, 5) is 16.9. The average molecular weight is 377 g/mol. The molecule has 2 saturated heterocycles. The summed E-state index contributed by atoms with van der Waals surface area (Å²) in [6, 6.07) is 0.891. The minimum atomic E-state index is -0.832. The third-order valence-corrected chi connectivity index (χ3v) is 8.27. The summed E-state index contributed by atoms with van der Waals surface area (Å²) in [6.45, 7) is 7.09. The first kappa shape index (κ1) is 19.4. The van der Waals surface area contributed by atoms with Crippen LogP contribution in [0.15, 0.2) is 12.2 Å². The predicted molar refractivity (Wildman–Crippen MR) is 107 cm³/mol. The van der Waals surface area contributed by atoms with Gasteiger partial charge in [-0.05, 0) is 75.3 Å². The molecule has 0 radical (unpaired) electrons. The minimum Gasteiger partial charge on any atom is -0.336 e. The smallest absolute Gasteiger partial charge is 0.219 e. The Bertz CT molecular complexity index is 561. The molecule has 4 rings (SSSR count). The molecule has 0 N–H and O–H groups in total. The topological polar surface area (TPSA) is 23.6 Å². The molecule has 3 unspecified atom stereocenters. The first-order valence-electron chi connectivity index (χ1n) is 11.4. The molecule has 2 aliphatic carbocycles. The fraction of sp³-hybridized carbons (Fsp3) is 0.870. The van der Waals surface area contributed by atoms with Gasteiger partial charge in [0.1, 0.15) is 6.17 Å². The Balaban J connectivity index is 1.39. The molecule has 0 bridgehead atoms. The maximum atomic E-state index is 14.2. The van der Waals surface area contributed by atoms with Crippen molar-refractivity contribution in [1.82, 2.24) is 9.80 Å². The van der Waals surface area contributed by atoms with Gasteiger partial charge in [-0.15, -0.1) is 0 Å². The van der Waals surface area contributed by atoms with Crippen molar-refractivity contribution in [3.8, 4) is 0 Å². The van der Waals surface area contributed by atoms with Crippen molar-refractivity contribution in [3.63, 3.8) is 0 Å². The second-order valence-electron chi connectivity index (χ2n) is 9.74. The van der Waals surface area contributed by atoms with Crippen LogP contribution < -0.4 is 0 Å². The molecule has 3 nitrogen and oxygen atoms in total. The molecule has 4 aliphatic rings. The molecule has 3 fully saturated rings. The Morgan fingerprint density at radius 1 is 1.15 bits per heavy atom. The van der Waals surface area contributed by atoms with Crippen molar-refractivity contribution in [3.05, 3.63) is 12.2 Å². The van der Waals surface area contributed by atoms with Gasteiger partial charge in [0.15, 0.2) is 0 Å². The molecular weight excluding hydrogens is 339 g/mol. The van der Waals surface area contributed by atoms with Gasteiger partial charge in [-0.1, -0.05) is 31.9 Å². The number of hydrogen-bond donors (Lipinski definition) is 0.